The van der Waals surface area contributed by atoms with Gasteiger partial charge in [-0.25, -0.2) is 0 Å². The monoisotopic (exact) mass is 213 g/mol. The number of aromatic nitrogens is 1. The highest BCUT2D eigenvalue weighted by Crippen LogP contribution is 2.41. The lowest BCUT2D eigenvalue weighted by Crippen LogP contribution is -2.04. The topological polar surface area (TPSA) is 60.2 Å². The van der Waals surface area contributed by atoms with E-state index in [1.807, 2.05) is 0 Å². The fraction of sp³-hybridized carbons (Fsp3) is 0.667. The minimum atomic E-state index is 0.480. The molecular formula is C9H15N3OS. The van der Waals surface area contributed by atoms with Gasteiger partial charge in [-0.2, -0.15) is 4.37 Å². The molecule has 1 heterocycles. The number of nitrogens with two attached hydrogens (primary N) is 1. The molecule has 0 amide bonds. The number of rotatable bonds is 4. The van der Waals surface area contributed by atoms with E-state index in [9.17, 15) is 0 Å². The van der Waals surface area contributed by atoms with E-state index >= 15 is 0 Å². The smallest absolute Gasteiger partial charge is 0.197 e. The molecule has 14 heavy (non-hydrogen) atoms. The first-order valence-electron chi connectivity index (χ1n) is 4.82. The largest absolute Gasteiger partial charge is 0.490 e. The second-order valence-electron chi connectivity index (χ2n) is 3.59. The fourth-order valence-electron chi connectivity index (χ4n) is 1.63. The molecule has 0 saturated heterocycles. The number of methoxy groups -OCH3 is 1. The lowest BCUT2D eigenvalue weighted by molar-refractivity contribution is 0.419. The summed E-state index contributed by atoms with van der Waals surface area (Å²) in [6.07, 6.45) is 2.48. The SMILES string of the molecule is CCC1CC1Nc1snc(N)c1OC. The van der Waals surface area contributed by atoms with E-state index in [1.165, 1.54) is 24.4 Å². The van der Waals surface area contributed by atoms with Crippen molar-refractivity contribution in [2.45, 2.75) is 25.8 Å². The third-order valence-corrected chi connectivity index (χ3v) is 3.42. The van der Waals surface area contributed by atoms with E-state index in [2.05, 4.69) is 16.6 Å². The third-order valence-electron chi connectivity index (χ3n) is 2.64. The molecule has 0 spiro atoms. The van der Waals surface area contributed by atoms with Gasteiger partial charge in [0.15, 0.2) is 16.6 Å². The molecule has 3 N–H and O–H groups in total. The maximum Gasteiger partial charge on any atom is 0.197 e. The zero-order valence-corrected chi connectivity index (χ0v) is 9.23. The molecule has 1 aromatic heterocycles. The first-order chi connectivity index (χ1) is 6.76. The summed E-state index contributed by atoms with van der Waals surface area (Å²) in [7, 11) is 1.62. The van der Waals surface area contributed by atoms with Crippen molar-refractivity contribution in [3.8, 4) is 5.75 Å². The van der Waals surface area contributed by atoms with E-state index in [4.69, 9.17) is 10.5 Å². The zero-order chi connectivity index (χ0) is 10.1. The average Bonchev–Trinajstić information content (AvgIpc) is 2.84. The van der Waals surface area contributed by atoms with E-state index in [0.717, 1.165) is 10.9 Å². The number of nitrogens with one attached hydrogen (secondary N) is 1. The molecule has 4 nitrogen and oxygen atoms in total. The molecule has 1 aromatic rings. The van der Waals surface area contributed by atoms with Crippen molar-refractivity contribution in [1.82, 2.24) is 4.37 Å². The van der Waals surface area contributed by atoms with Crippen LogP contribution in [0.4, 0.5) is 10.8 Å². The summed E-state index contributed by atoms with van der Waals surface area (Å²) in [6, 6.07) is 0.591. The van der Waals surface area contributed by atoms with Crippen molar-refractivity contribution in [1.29, 1.82) is 0 Å². The predicted octanol–water partition coefficient (Wildman–Crippen LogP) is 1.94. The summed E-state index contributed by atoms with van der Waals surface area (Å²) in [5.41, 5.74) is 5.65. The number of hydrogen-bond donors (Lipinski definition) is 2. The van der Waals surface area contributed by atoms with Gasteiger partial charge < -0.3 is 15.8 Å². The number of anilines is 2. The Kier molecular flexibility index (Phi) is 2.50. The quantitative estimate of drug-likeness (QED) is 0.802. The Morgan fingerprint density at radius 2 is 2.50 bits per heavy atom. The molecule has 1 fully saturated rings. The van der Waals surface area contributed by atoms with Gasteiger partial charge in [0, 0.05) is 6.04 Å². The number of ether oxygens (including phenoxy) is 1. The van der Waals surface area contributed by atoms with Crippen LogP contribution in [-0.4, -0.2) is 17.5 Å². The molecule has 78 valence electrons. The summed E-state index contributed by atoms with van der Waals surface area (Å²) < 4.78 is 9.23. The Balaban J connectivity index is 2.02. The van der Waals surface area contributed by atoms with Gasteiger partial charge >= 0.3 is 0 Å². The van der Waals surface area contributed by atoms with Crippen LogP contribution < -0.4 is 15.8 Å². The van der Waals surface area contributed by atoms with Gasteiger partial charge in [0.05, 0.1) is 7.11 Å². The Morgan fingerprint density at radius 3 is 3.07 bits per heavy atom. The van der Waals surface area contributed by atoms with Crippen LogP contribution in [0.15, 0.2) is 0 Å². The van der Waals surface area contributed by atoms with Gasteiger partial charge in [-0.1, -0.05) is 13.3 Å². The lowest BCUT2D eigenvalue weighted by atomic mass is 10.3. The normalized spacial score (nSPS) is 24.7. The molecular weight excluding hydrogens is 198 g/mol. The second kappa shape index (κ2) is 3.65. The van der Waals surface area contributed by atoms with Gasteiger partial charge in [-0.3, -0.25) is 0 Å². The van der Waals surface area contributed by atoms with Crippen molar-refractivity contribution in [3.63, 3.8) is 0 Å². The lowest BCUT2D eigenvalue weighted by Gasteiger charge is -2.04. The Hall–Kier alpha value is -0.970. The molecule has 5 heteroatoms. The van der Waals surface area contributed by atoms with Gasteiger partial charge in [0.2, 0.25) is 0 Å². The first kappa shape index (κ1) is 9.58. The summed E-state index contributed by atoms with van der Waals surface area (Å²) in [6.45, 7) is 2.21. The standard InChI is InChI=1S/C9H15N3OS/c1-3-5-4-6(5)11-9-7(13-2)8(10)12-14-9/h5-6,11H,3-4H2,1-2H3,(H2,10,12). The molecule has 0 radical (unpaired) electrons. The highest BCUT2D eigenvalue weighted by molar-refractivity contribution is 7.11. The van der Waals surface area contributed by atoms with Crippen LogP contribution >= 0.6 is 11.5 Å². The van der Waals surface area contributed by atoms with E-state index < -0.39 is 0 Å². The third kappa shape index (κ3) is 1.64. The molecule has 1 aliphatic carbocycles. The van der Waals surface area contributed by atoms with E-state index in [1.54, 1.807) is 7.11 Å². The average molecular weight is 213 g/mol. The number of nitrogen functional groups attached to an aromatic ring is 1. The Bertz CT molecular complexity index is 326. The minimum absolute atomic E-state index is 0.480. The van der Waals surface area contributed by atoms with Gasteiger partial charge in [0.1, 0.15) is 0 Å². The van der Waals surface area contributed by atoms with E-state index in [0.29, 0.717) is 17.6 Å². The zero-order valence-electron chi connectivity index (χ0n) is 8.41. The highest BCUT2D eigenvalue weighted by Gasteiger charge is 2.36. The van der Waals surface area contributed by atoms with Crippen molar-refractivity contribution < 1.29 is 4.74 Å². The molecule has 0 aliphatic heterocycles. The van der Waals surface area contributed by atoms with Crippen molar-refractivity contribution in [2.75, 3.05) is 18.2 Å². The van der Waals surface area contributed by atoms with Gasteiger partial charge in [-0.05, 0) is 23.9 Å². The van der Waals surface area contributed by atoms with Crippen LogP contribution in [0.3, 0.4) is 0 Å². The Labute approximate surface area is 87.6 Å². The minimum Gasteiger partial charge on any atom is -0.490 e. The maximum absolute atomic E-state index is 5.65. The van der Waals surface area contributed by atoms with Crippen LogP contribution in [0.2, 0.25) is 0 Å². The predicted molar refractivity (Wildman–Crippen MR) is 58.9 cm³/mol. The molecule has 2 atom stereocenters. The highest BCUT2D eigenvalue weighted by atomic mass is 32.1. The van der Waals surface area contributed by atoms with Crippen molar-refractivity contribution in [2.24, 2.45) is 5.92 Å². The van der Waals surface area contributed by atoms with Crippen LogP contribution in [0, 0.1) is 5.92 Å². The molecule has 0 bridgehead atoms. The van der Waals surface area contributed by atoms with Crippen molar-refractivity contribution in [3.05, 3.63) is 0 Å². The summed E-state index contributed by atoms with van der Waals surface area (Å²) >= 11 is 1.37. The first-order valence-corrected chi connectivity index (χ1v) is 5.59. The molecule has 1 saturated carbocycles. The van der Waals surface area contributed by atoms with Crippen LogP contribution in [0.5, 0.6) is 5.75 Å². The molecule has 1 aliphatic rings. The van der Waals surface area contributed by atoms with Crippen molar-refractivity contribution >= 4 is 22.4 Å². The second-order valence-corrected chi connectivity index (χ2v) is 4.36. The molecule has 2 unspecified atom stereocenters. The Morgan fingerprint density at radius 1 is 1.71 bits per heavy atom. The van der Waals surface area contributed by atoms with Gasteiger partial charge in [0.25, 0.3) is 0 Å². The molecule has 2 rings (SSSR count). The van der Waals surface area contributed by atoms with Crippen LogP contribution in [-0.2, 0) is 0 Å². The summed E-state index contributed by atoms with van der Waals surface area (Å²) in [5, 5.41) is 4.37. The van der Waals surface area contributed by atoms with E-state index in [-0.39, 0.29) is 0 Å². The summed E-state index contributed by atoms with van der Waals surface area (Å²) in [4.78, 5) is 0. The number of nitrogens with zero attached hydrogens (tertiary/aromatic N) is 1. The van der Waals surface area contributed by atoms with Gasteiger partial charge in [-0.15, -0.1) is 0 Å². The van der Waals surface area contributed by atoms with Crippen LogP contribution in [0.1, 0.15) is 19.8 Å². The fourth-order valence-corrected chi connectivity index (χ4v) is 2.37. The maximum atomic E-state index is 5.65. The number of hydrogen-bond acceptors (Lipinski definition) is 5. The van der Waals surface area contributed by atoms with Crippen LogP contribution in [0.25, 0.3) is 0 Å². The molecule has 0 aromatic carbocycles. The summed E-state index contributed by atoms with van der Waals surface area (Å²) in [5.74, 6) is 1.98.